The summed E-state index contributed by atoms with van der Waals surface area (Å²) in [4.78, 5) is 33.3. The molecule has 208 valence electrons. The lowest BCUT2D eigenvalue weighted by Gasteiger charge is -2.51. The van der Waals surface area contributed by atoms with Crippen LogP contribution in [0.2, 0.25) is 0 Å². The summed E-state index contributed by atoms with van der Waals surface area (Å²) in [6.45, 7) is 5.46. The van der Waals surface area contributed by atoms with Gasteiger partial charge in [-0.1, -0.05) is 24.3 Å². The number of likely N-dealkylation sites (tertiary alicyclic amines) is 1. The number of nitrogens with zero attached hydrogens (tertiary/aromatic N) is 5. The fourth-order valence-electron chi connectivity index (χ4n) is 8.04. The average Bonchev–Trinajstić information content (AvgIpc) is 3.40. The molecule has 2 atom stereocenters. The van der Waals surface area contributed by atoms with Crippen LogP contribution < -0.4 is 0 Å². The van der Waals surface area contributed by atoms with Crippen molar-refractivity contribution in [3.8, 4) is 0 Å². The van der Waals surface area contributed by atoms with Crippen molar-refractivity contribution in [2.24, 2.45) is 7.05 Å². The molecule has 2 bridgehead atoms. The van der Waals surface area contributed by atoms with E-state index in [9.17, 15) is 9.59 Å². The lowest BCUT2D eigenvalue weighted by atomic mass is 9.68. The number of rotatable bonds is 3. The Kier molecular flexibility index (Phi) is 6.21. The molecule has 1 spiro atoms. The highest BCUT2D eigenvalue weighted by molar-refractivity contribution is 5.92. The van der Waals surface area contributed by atoms with Crippen molar-refractivity contribution in [2.45, 2.75) is 101 Å². The number of aryl methyl sites for hydroxylation is 2. The van der Waals surface area contributed by atoms with E-state index in [0.717, 1.165) is 76.7 Å². The molecular formula is C31H41N5O3. The van der Waals surface area contributed by atoms with Gasteiger partial charge in [0.2, 0.25) is 0 Å². The minimum atomic E-state index is -0.0603. The van der Waals surface area contributed by atoms with E-state index in [1.54, 1.807) is 4.68 Å². The maximum atomic E-state index is 13.6. The summed E-state index contributed by atoms with van der Waals surface area (Å²) in [5.41, 5.74) is 4.22. The van der Waals surface area contributed by atoms with Crippen molar-refractivity contribution in [3.05, 3.63) is 52.8 Å². The first-order valence-electron chi connectivity index (χ1n) is 15.0. The van der Waals surface area contributed by atoms with Crippen LogP contribution in [-0.4, -0.2) is 80.3 Å². The second kappa shape index (κ2) is 9.65. The number of hydrogen-bond acceptors (Lipinski definition) is 5. The van der Waals surface area contributed by atoms with Crippen molar-refractivity contribution >= 4 is 12.0 Å². The van der Waals surface area contributed by atoms with E-state index >= 15 is 0 Å². The maximum absolute atomic E-state index is 13.6. The molecule has 2 unspecified atom stereocenters. The molecule has 4 aliphatic heterocycles. The summed E-state index contributed by atoms with van der Waals surface area (Å²) >= 11 is 0. The zero-order valence-corrected chi connectivity index (χ0v) is 23.3. The summed E-state index contributed by atoms with van der Waals surface area (Å²) in [5, 5.41) is 4.49. The zero-order valence-electron chi connectivity index (χ0n) is 23.3. The Morgan fingerprint density at radius 1 is 1.00 bits per heavy atom. The van der Waals surface area contributed by atoms with Crippen LogP contribution in [-0.2, 0) is 23.7 Å². The number of carbonyl (C=O) groups excluding carboxylic acids is 2. The van der Waals surface area contributed by atoms with E-state index in [1.807, 2.05) is 24.9 Å². The van der Waals surface area contributed by atoms with Gasteiger partial charge >= 0.3 is 6.09 Å². The second-order valence-corrected chi connectivity index (χ2v) is 12.8. The lowest BCUT2D eigenvalue weighted by Crippen LogP contribution is -2.58. The molecular weight excluding hydrogens is 490 g/mol. The van der Waals surface area contributed by atoms with Gasteiger partial charge in [-0.15, -0.1) is 0 Å². The van der Waals surface area contributed by atoms with Crippen LogP contribution in [0.25, 0.3) is 0 Å². The van der Waals surface area contributed by atoms with Crippen molar-refractivity contribution in [3.63, 3.8) is 0 Å². The smallest absolute Gasteiger partial charge is 0.410 e. The molecule has 1 aliphatic carbocycles. The molecule has 2 aromatic rings. The summed E-state index contributed by atoms with van der Waals surface area (Å²) in [5.74, 6) is 0.0349. The fraction of sp³-hybridized carbons (Fsp3) is 0.645. The SMILES string of the molecule is Cc1cc(C(=O)N2Cc3ccccc3C3(CCN(C4CC5CCC(C4)N5C(=O)OC4CCC4)CC3)C2)nn1C. The van der Waals surface area contributed by atoms with Gasteiger partial charge in [0, 0.05) is 49.4 Å². The van der Waals surface area contributed by atoms with Crippen molar-refractivity contribution in [1.29, 1.82) is 0 Å². The van der Waals surface area contributed by atoms with E-state index in [2.05, 4.69) is 39.2 Å². The third kappa shape index (κ3) is 4.35. The Morgan fingerprint density at radius 3 is 2.36 bits per heavy atom. The summed E-state index contributed by atoms with van der Waals surface area (Å²) < 4.78 is 7.58. The Morgan fingerprint density at radius 2 is 1.72 bits per heavy atom. The molecule has 39 heavy (non-hydrogen) atoms. The number of aromatic nitrogens is 2. The predicted octanol–water partition coefficient (Wildman–Crippen LogP) is 4.40. The zero-order chi connectivity index (χ0) is 26.7. The van der Waals surface area contributed by atoms with Crippen LogP contribution in [0.3, 0.4) is 0 Å². The molecule has 7 rings (SSSR count). The topological polar surface area (TPSA) is 70.9 Å². The number of amides is 2. The monoisotopic (exact) mass is 531 g/mol. The van der Waals surface area contributed by atoms with Gasteiger partial charge in [-0.05, 0) is 95.0 Å². The van der Waals surface area contributed by atoms with Gasteiger partial charge in [0.1, 0.15) is 6.10 Å². The van der Waals surface area contributed by atoms with Crippen LogP contribution in [0.1, 0.15) is 85.1 Å². The molecule has 5 heterocycles. The molecule has 1 aromatic heterocycles. The van der Waals surface area contributed by atoms with Crippen LogP contribution in [0.4, 0.5) is 4.79 Å². The minimum Gasteiger partial charge on any atom is -0.446 e. The molecule has 1 saturated carbocycles. The Balaban J connectivity index is 1.04. The third-order valence-corrected chi connectivity index (χ3v) is 10.6. The van der Waals surface area contributed by atoms with Crippen LogP contribution in [0.5, 0.6) is 0 Å². The van der Waals surface area contributed by atoms with E-state index in [-0.39, 0.29) is 23.5 Å². The molecule has 0 radical (unpaired) electrons. The van der Waals surface area contributed by atoms with Gasteiger partial charge < -0.3 is 19.4 Å². The van der Waals surface area contributed by atoms with Crippen LogP contribution in [0, 0.1) is 6.92 Å². The number of benzene rings is 1. The molecule has 8 heteroatoms. The number of carbonyl (C=O) groups is 2. The number of hydrogen-bond donors (Lipinski definition) is 0. The van der Waals surface area contributed by atoms with Gasteiger partial charge in [0.25, 0.3) is 5.91 Å². The van der Waals surface area contributed by atoms with Gasteiger partial charge in [0.05, 0.1) is 0 Å². The normalized spacial score (nSPS) is 28.3. The van der Waals surface area contributed by atoms with Gasteiger partial charge in [-0.2, -0.15) is 5.10 Å². The van der Waals surface area contributed by atoms with Crippen LogP contribution >= 0.6 is 0 Å². The lowest BCUT2D eigenvalue weighted by molar-refractivity contribution is -0.00801. The number of fused-ring (bicyclic) bond motifs is 4. The van der Waals surface area contributed by atoms with E-state index in [0.29, 0.717) is 30.4 Å². The average molecular weight is 532 g/mol. The fourth-order valence-corrected chi connectivity index (χ4v) is 8.04. The standard InChI is InChI=1S/C31H41N5O3/c1-21-16-28(32-33(21)2)29(37)35-19-22-6-3-4-9-27(22)31(20-35)12-14-34(15-13-31)25-17-23-10-11-24(18-25)36(23)30(38)39-26-7-5-8-26/h3-4,6,9,16,23-26H,5,7-8,10-15,17-20H2,1-2H3. The predicted molar refractivity (Wildman–Crippen MR) is 147 cm³/mol. The van der Waals surface area contributed by atoms with Crippen molar-refractivity contribution in [2.75, 3.05) is 19.6 Å². The highest BCUT2D eigenvalue weighted by atomic mass is 16.6. The van der Waals surface area contributed by atoms with Crippen molar-refractivity contribution < 1.29 is 14.3 Å². The van der Waals surface area contributed by atoms with Gasteiger partial charge in [0.15, 0.2) is 5.69 Å². The highest BCUT2D eigenvalue weighted by Gasteiger charge is 2.49. The summed E-state index contributed by atoms with van der Waals surface area (Å²) in [6.07, 6.45) is 9.76. The Hall–Kier alpha value is -2.87. The molecule has 0 N–H and O–H groups in total. The van der Waals surface area contributed by atoms with Crippen molar-refractivity contribution in [1.82, 2.24) is 24.5 Å². The van der Waals surface area contributed by atoms with E-state index in [4.69, 9.17) is 4.74 Å². The number of ether oxygens (including phenoxy) is 1. The quantitative estimate of drug-likeness (QED) is 0.587. The third-order valence-electron chi connectivity index (χ3n) is 10.6. The summed E-state index contributed by atoms with van der Waals surface area (Å²) in [7, 11) is 1.89. The second-order valence-electron chi connectivity index (χ2n) is 12.8. The molecule has 1 aromatic carbocycles. The maximum Gasteiger partial charge on any atom is 0.410 e. The Labute approximate surface area is 231 Å². The molecule has 2 amide bonds. The summed E-state index contributed by atoms with van der Waals surface area (Å²) in [6, 6.07) is 11.8. The highest BCUT2D eigenvalue weighted by Crippen LogP contribution is 2.45. The minimum absolute atomic E-state index is 0.0168. The first kappa shape index (κ1) is 25.1. The molecule has 8 nitrogen and oxygen atoms in total. The number of piperidine rings is 2. The van der Waals surface area contributed by atoms with Gasteiger partial charge in [-0.25, -0.2) is 4.79 Å². The van der Waals surface area contributed by atoms with Gasteiger partial charge in [-0.3, -0.25) is 9.48 Å². The molecule has 5 aliphatic rings. The van der Waals surface area contributed by atoms with Crippen LogP contribution in [0.15, 0.2) is 30.3 Å². The van der Waals surface area contributed by atoms with E-state index < -0.39 is 0 Å². The molecule has 4 fully saturated rings. The van der Waals surface area contributed by atoms with E-state index in [1.165, 1.54) is 17.5 Å². The Bertz CT molecular complexity index is 1230. The first-order valence-corrected chi connectivity index (χ1v) is 15.0. The molecule has 3 saturated heterocycles. The first-order chi connectivity index (χ1) is 18.9. The largest absolute Gasteiger partial charge is 0.446 e.